The fraction of sp³-hybridized carbons (Fsp3) is 0.308. The van der Waals surface area contributed by atoms with Crippen LogP contribution in [0.1, 0.15) is 16.7 Å². The molecule has 3 atom stereocenters. The number of halogens is 1. The van der Waals surface area contributed by atoms with Gasteiger partial charge in [-0.05, 0) is 42.0 Å². The van der Waals surface area contributed by atoms with Gasteiger partial charge in [-0.3, -0.25) is 9.46 Å². The molecule has 1 aliphatic heterocycles. The molecule has 0 bridgehead atoms. The molecule has 5 nitrogen and oxygen atoms in total. The lowest BCUT2D eigenvalue weighted by Gasteiger charge is -2.50. The van der Waals surface area contributed by atoms with E-state index in [1.807, 2.05) is 18.2 Å². The SMILES string of the molecule is BC1CN(C(c2ccccc2)(c2ccccc2)c2ccccc2)CC(COP(=O)(Cl)N(C)C)O1. The van der Waals surface area contributed by atoms with Crippen molar-refractivity contribution in [3.05, 3.63) is 108 Å². The van der Waals surface area contributed by atoms with Gasteiger partial charge in [0.05, 0.1) is 18.2 Å². The molecule has 0 aliphatic carbocycles. The molecule has 0 radical (unpaired) electrons. The molecule has 1 saturated heterocycles. The smallest absolute Gasteiger partial charge is 0.362 e. The van der Waals surface area contributed by atoms with Gasteiger partial charge in [-0.15, -0.1) is 0 Å². The van der Waals surface area contributed by atoms with Crippen LogP contribution in [0.4, 0.5) is 0 Å². The number of nitrogens with zero attached hydrogens (tertiary/aromatic N) is 2. The van der Waals surface area contributed by atoms with Crippen molar-refractivity contribution < 1.29 is 13.8 Å². The van der Waals surface area contributed by atoms with Crippen LogP contribution in [-0.4, -0.2) is 63.3 Å². The first-order chi connectivity index (χ1) is 16.3. The van der Waals surface area contributed by atoms with Crippen molar-refractivity contribution in [2.45, 2.75) is 17.6 Å². The molecule has 8 heteroatoms. The Bertz CT molecular complexity index is 1010. The highest BCUT2D eigenvalue weighted by Gasteiger charge is 2.45. The summed E-state index contributed by atoms with van der Waals surface area (Å²) in [4.78, 5) is 2.46. The average molecular weight is 497 g/mol. The Hall–Kier alpha value is -1.92. The van der Waals surface area contributed by atoms with E-state index in [4.69, 9.17) is 20.5 Å². The minimum absolute atomic E-state index is 0.0491. The third kappa shape index (κ3) is 5.18. The molecule has 0 saturated carbocycles. The number of benzene rings is 3. The molecule has 0 aromatic heterocycles. The minimum Gasteiger partial charge on any atom is -0.379 e. The normalized spacial score (nSPS) is 21.3. The lowest BCUT2D eigenvalue weighted by Crippen LogP contribution is -2.58. The monoisotopic (exact) mass is 496 g/mol. The zero-order valence-electron chi connectivity index (χ0n) is 19.9. The molecule has 1 fully saturated rings. The molecule has 0 N–H and O–H groups in total. The predicted octanol–water partition coefficient (Wildman–Crippen LogP) is 4.56. The summed E-state index contributed by atoms with van der Waals surface area (Å²) in [6.07, 6.45) is -0.286. The predicted molar refractivity (Wildman–Crippen MR) is 141 cm³/mol. The summed E-state index contributed by atoms with van der Waals surface area (Å²) < 4.78 is 25.9. The van der Waals surface area contributed by atoms with E-state index in [9.17, 15) is 4.57 Å². The van der Waals surface area contributed by atoms with Crippen molar-refractivity contribution in [1.82, 2.24) is 9.57 Å². The van der Waals surface area contributed by atoms with Gasteiger partial charge in [0.1, 0.15) is 7.85 Å². The summed E-state index contributed by atoms with van der Waals surface area (Å²) in [5, 5.41) is 0. The largest absolute Gasteiger partial charge is 0.379 e. The molecule has 178 valence electrons. The van der Waals surface area contributed by atoms with Gasteiger partial charge in [0.25, 0.3) is 0 Å². The Morgan fingerprint density at radius 3 is 1.79 bits per heavy atom. The lowest BCUT2D eigenvalue weighted by molar-refractivity contribution is -0.0868. The van der Waals surface area contributed by atoms with E-state index in [0.29, 0.717) is 6.54 Å². The van der Waals surface area contributed by atoms with E-state index in [-0.39, 0.29) is 18.7 Å². The zero-order valence-corrected chi connectivity index (χ0v) is 21.5. The highest BCUT2D eigenvalue weighted by atomic mass is 35.7. The zero-order chi connectivity index (χ0) is 24.2. The summed E-state index contributed by atoms with van der Waals surface area (Å²) in [7, 11) is 5.36. The van der Waals surface area contributed by atoms with Crippen molar-refractivity contribution in [3.8, 4) is 0 Å². The van der Waals surface area contributed by atoms with Gasteiger partial charge in [0, 0.05) is 19.1 Å². The fourth-order valence-electron chi connectivity index (χ4n) is 4.79. The highest BCUT2D eigenvalue weighted by Crippen LogP contribution is 2.54. The van der Waals surface area contributed by atoms with E-state index in [0.717, 1.165) is 6.54 Å². The van der Waals surface area contributed by atoms with Crippen LogP contribution in [0.3, 0.4) is 0 Å². The van der Waals surface area contributed by atoms with Gasteiger partial charge >= 0.3 is 6.87 Å². The summed E-state index contributed by atoms with van der Waals surface area (Å²) in [6.45, 7) is -1.92. The number of hydrogen-bond acceptors (Lipinski definition) is 4. The molecule has 1 heterocycles. The maximum atomic E-state index is 12.6. The molecule has 4 rings (SSSR count). The molecule has 0 amide bonds. The second kappa shape index (κ2) is 10.8. The number of ether oxygens (including phenoxy) is 1. The Kier molecular flexibility index (Phi) is 7.99. The summed E-state index contributed by atoms with van der Waals surface area (Å²) in [5.74, 6) is 0. The standard InChI is InChI=1S/C26H31BClN2O3P/c1-29(2)34(28,31)32-20-24-18-30(19-25(27)33-24)26(21-12-6-3-7-13-21,22-14-8-4-9-15-22)23-16-10-5-11-17-23/h3-17,24-25H,18-20,27H2,1-2H3. The third-order valence-corrected chi connectivity index (χ3v) is 8.90. The number of hydrogen-bond donors (Lipinski definition) is 0. The maximum Gasteiger partial charge on any atom is 0.362 e. The van der Waals surface area contributed by atoms with Crippen molar-refractivity contribution >= 4 is 26.0 Å². The van der Waals surface area contributed by atoms with Crippen LogP contribution in [0.2, 0.25) is 0 Å². The first kappa shape index (κ1) is 25.2. The summed E-state index contributed by atoms with van der Waals surface area (Å²) in [6, 6.07) is 31.7. The van der Waals surface area contributed by atoms with Crippen LogP contribution in [-0.2, 0) is 19.4 Å². The molecular weight excluding hydrogens is 466 g/mol. The van der Waals surface area contributed by atoms with E-state index >= 15 is 0 Å². The van der Waals surface area contributed by atoms with Gasteiger partial charge in [0.2, 0.25) is 0 Å². The van der Waals surface area contributed by atoms with Crippen molar-refractivity contribution in [2.24, 2.45) is 0 Å². The molecular formula is C26H31BClN2O3P. The van der Waals surface area contributed by atoms with Crippen LogP contribution in [0.5, 0.6) is 0 Å². The van der Waals surface area contributed by atoms with Crippen molar-refractivity contribution in [1.29, 1.82) is 0 Å². The highest BCUT2D eigenvalue weighted by molar-refractivity contribution is 7.83. The Morgan fingerprint density at radius 1 is 0.941 bits per heavy atom. The van der Waals surface area contributed by atoms with E-state index in [1.165, 1.54) is 21.4 Å². The van der Waals surface area contributed by atoms with Crippen molar-refractivity contribution in [2.75, 3.05) is 33.8 Å². The number of rotatable bonds is 8. The second-order valence-electron chi connectivity index (χ2n) is 8.88. The third-order valence-electron chi connectivity index (χ3n) is 6.27. The molecule has 1 aliphatic rings. The maximum absolute atomic E-state index is 12.6. The molecule has 0 spiro atoms. The van der Waals surface area contributed by atoms with Crippen molar-refractivity contribution in [3.63, 3.8) is 0 Å². The van der Waals surface area contributed by atoms with Gasteiger partial charge < -0.3 is 9.26 Å². The van der Waals surface area contributed by atoms with Crippen LogP contribution in [0.15, 0.2) is 91.0 Å². The van der Waals surface area contributed by atoms with Gasteiger partial charge in [-0.25, -0.2) is 4.67 Å². The Morgan fingerprint density at radius 2 is 1.38 bits per heavy atom. The van der Waals surface area contributed by atoms with Crippen LogP contribution in [0.25, 0.3) is 0 Å². The number of morpholine rings is 1. The summed E-state index contributed by atoms with van der Waals surface area (Å²) >= 11 is 6.13. The average Bonchev–Trinajstić information content (AvgIpc) is 2.85. The van der Waals surface area contributed by atoms with Crippen LogP contribution >= 0.6 is 18.1 Å². The van der Waals surface area contributed by atoms with Gasteiger partial charge in [-0.1, -0.05) is 91.0 Å². The van der Waals surface area contributed by atoms with Crippen LogP contribution in [0, 0.1) is 0 Å². The topological polar surface area (TPSA) is 42.0 Å². The molecule has 3 unspecified atom stereocenters. The van der Waals surface area contributed by atoms with Gasteiger partial charge in [-0.2, -0.15) is 0 Å². The van der Waals surface area contributed by atoms with E-state index in [1.54, 1.807) is 14.1 Å². The quantitative estimate of drug-likeness (QED) is 0.260. The molecule has 3 aromatic carbocycles. The molecule has 3 aromatic rings. The summed E-state index contributed by atoms with van der Waals surface area (Å²) in [5.41, 5.74) is 3.00. The van der Waals surface area contributed by atoms with Crippen LogP contribution < -0.4 is 0 Å². The van der Waals surface area contributed by atoms with Gasteiger partial charge in [0.15, 0.2) is 0 Å². The minimum atomic E-state index is -3.38. The Labute approximate surface area is 208 Å². The fourth-order valence-corrected chi connectivity index (χ4v) is 5.54. The Balaban J connectivity index is 1.81. The second-order valence-corrected chi connectivity index (χ2v) is 12.1. The van der Waals surface area contributed by atoms with E-state index in [2.05, 4.69) is 85.5 Å². The van der Waals surface area contributed by atoms with E-state index < -0.39 is 12.4 Å². The molecule has 34 heavy (non-hydrogen) atoms. The first-order valence-electron chi connectivity index (χ1n) is 11.5. The first-order valence-corrected chi connectivity index (χ1v) is 14.0. The lowest BCUT2D eigenvalue weighted by atomic mass is 9.74.